The van der Waals surface area contributed by atoms with Crippen LogP contribution in [0.15, 0.2) is 46.0 Å². The van der Waals surface area contributed by atoms with E-state index in [0.717, 1.165) is 0 Å². The molecule has 0 aliphatic carbocycles. The molecule has 106 valence electrons. The maximum Gasteiger partial charge on any atom is 0.279 e. The van der Waals surface area contributed by atoms with E-state index >= 15 is 0 Å². The first-order chi connectivity index (χ1) is 9.42. The van der Waals surface area contributed by atoms with E-state index in [1.807, 2.05) is 0 Å². The average molecular weight is 360 g/mol. The molecule has 0 saturated carbocycles. The fourth-order valence-electron chi connectivity index (χ4n) is 1.46. The molecule has 0 atom stereocenters. The zero-order valence-electron chi connectivity index (χ0n) is 10.2. The Labute approximate surface area is 124 Å². The molecule has 0 saturated heterocycles. The van der Waals surface area contributed by atoms with Crippen molar-refractivity contribution in [2.24, 2.45) is 5.73 Å². The van der Waals surface area contributed by atoms with Gasteiger partial charge in [-0.15, -0.1) is 0 Å². The second-order valence-electron chi connectivity index (χ2n) is 3.94. The van der Waals surface area contributed by atoms with E-state index in [9.17, 15) is 12.8 Å². The number of nitrogens with one attached hydrogen (secondary N) is 1. The van der Waals surface area contributed by atoms with Crippen LogP contribution in [0.5, 0.6) is 0 Å². The second kappa shape index (κ2) is 5.86. The Bertz CT molecular complexity index is 720. The highest BCUT2D eigenvalue weighted by atomic mass is 79.9. The number of nitrogens with zero attached hydrogens (tertiary/aromatic N) is 1. The molecule has 0 amide bonds. The minimum atomic E-state index is -3.93. The van der Waals surface area contributed by atoms with Crippen molar-refractivity contribution >= 4 is 31.6 Å². The van der Waals surface area contributed by atoms with Gasteiger partial charge in [-0.2, -0.15) is 8.42 Å². The summed E-state index contributed by atoms with van der Waals surface area (Å²) in [6, 6.07) is 6.90. The summed E-state index contributed by atoms with van der Waals surface area (Å²) in [5.41, 5.74) is 5.97. The number of anilines is 1. The van der Waals surface area contributed by atoms with Crippen LogP contribution in [0.1, 0.15) is 5.56 Å². The second-order valence-corrected chi connectivity index (χ2v) is 6.48. The maximum absolute atomic E-state index is 13.6. The van der Waals surface area contributed by atoms with Crippen molar-refractivity contribution in [2.75, 3.05) is 4.72 Å². The lowest BCUT2D eigenvalue weighted by Gasteiger charge is -2.08. The van der Waals surface area contributed by atoms with E-state index < -0.39 is 15.8 Å². The molecule has 0 radical (unpaired) electrons. The Morgan fingerprint density at radius 1 is 1.30 bits per heavy atom. The van der Waals surface area contributed by atoms with E-state index in [2.05, 4.69) is 25.6 Å². The third kappa shape index (κ3) is 3.33. The summed E-state index contributed by atoms with van der Waals surface area (Å²) in [5.74, 6) is -0.679. The molecule has 0 aliphatic heterocycles. The largest absolute Gasteiger partial charge is 0.326 e. The number of benzene rings is 1. The molecule has 0 fully saturated rings. The summed E-state index contributed by atoms with van der Waals surface area (Å²) in [6.45, 7) is 0.266. The molecule has 3 N–H and O–H groups in total. The summed E-state index contributed by atoms with van der Waals surface area (Å²) in [6.07, 6.45) is 1.37. The molecule has 0 spiro atoms. The summed E-state index contributed by atoms with van der Waals surface area (Å²) in [7, 11) is -3.93. The zero-order chi connectivity index (χ0) is 14.8. The molecule has 0 unspecified atom stereocenters. The predicted octanol–water partition coefficient (Wildman–Crippen LogP) is 2.24. The lowest BCUT2D eigenvalue weighted by molar-refractivity contribution is 0.595. The van der Waals surface area contributed by atoms with E-state index in [1.165, 1.54) is 30.5 Å². The van der Waals surface area contributed by atoms with Gasteiger partial charge in [-0.05, 0) is 29.8 Å². The summed E-state index contributed by atoms with van der Waals surface area (Å²) >= 11 is 3.10. The van der Waals surface area contributed by atoms with E-state index in [1.54, 1.807) is 6.07 Å². The van der Waals surface area contributed by atoms with Crippen LogP contribution >= 0.6 is 15.9 Å². The van der Waals surface area contributed by atoms with Crippen molar-refractivity contribution in [3.8, 4) is 0 Å². The molecule has 20 heavy (non-hydrogen) atoms. The first-order valence-electron chi connectivity index (χ1n) is 5.55. The van der Waals surface area contributed by atoms with Crippen LogP contribution < -0.4 is 10.5 Å². The summed E-state index contributed by atoms with van der Waals surface area (Å²) < 4.78 is 40.4. The van der Waals surface area contributed by atoms with Crippen molar-refractivity contribution in [3.63, 3.8) is 0 Å². The quantitative estimate of drug-likeness (QED) is 0.876. The highest BCUT2D eigenvalue weighted by molar-refractivity contribution is 9.10. The minimum absolute atomic E-state index is 0.141. The molecular formula is C12H11BrFN3O2S. The molecule has 2 rings (SSSR count). The van der Waals surface area contributed by atoms with E-state index in [-0.39, 0.29) is 17.3 Å². The SMILES string of the molecule is NCc1ccc(S(=O)(=O)Nc2ccc(Br)cc2F)nc1. The molecule has 8 heteroatoms. The van der Waals surface area contributed by atoms with Crippen molar-refractivity contribution in [2.45, 2.75) is 11.6 Å². The fourth-order valence-corrected chi connectivity index (χ4v) is 2.79. The molecule has 0 bridgehead atoms. The Kier molecular flexibility index (Phi) is 4.36. The molecule has 0 aliphatic rings. The van der Waals surface area contributed by atoms with Gasteiger partial charge in [0.15, 0.2) is 5.03 Å². The molecule has 2 aromatic rings. The topological polar surface area (TPSA) is 85.1 Å². The highest BCUT2D eigenvalue weighted by Crippen LogP contribution is 2.22. The van der Waals surface area contributed by atoms with Gasteiger partial charge in [-0.3, -0.25) is 4.72 Å². The number of aromatic nitrogens is 1. The molecule has 5 nitrogen and oxygen atoms in total. The van der Waals surface area contributed by atoms with Crippen LogP contribution in [0.25, 0.3) is 0 Å². The number of sulfonamides is 1. The van der Waals surface area contributed by atoms with Gasteiger partial charge in [0, 0.05) is 17.2 Å². The lowest BCUT2D eigenvalue weighted by atomic mass is 10.3. The van der Waals surface area contributed by atoms with Crippen molar-refractivity contribution in [1.82, 2.24) is 4.98 Å². The monoisotopic (exact) mass is 359 g/mol. The minimum Gasteiger partial charge on any atom is -0.326 e. The number of hydrogen-bond acceptors (Lipinski definition) is 4. The van der Waals surface area contributed by atoms with Crippen LogP contribution in [0.2, 0.25) is 0 Å². The average Bonchev–Trinajstić information content (AvgIpc) is 2.42. The van der Waals surface area contributed by atoms with Gasteiger partial charge in [0.2, 0.25) is 0 Å². The number of hydrogen-bond donors (Lipinski definition) is 2. The number of rotatable bonds is 4. The first-order valence-corrected chi connectivity index (χ1v) is 7.83. The van der Waals surface area contributed by atoms with Crippen molar-refractivity contribution < 1.29 is 12.8 Å². The normalized spacial score (nSPS) is 11.3. The van der Waals surface area contributed by atoms with Crippen LogP contribution in [0.3, 0.4) is 0 Å². The molecule has 1 aromatic heterocycles. The Balaban J connectivity index is 2.30. The Morgan fingerprint density at radius 3 is 2.60 bits per heavy atom. The summed E-state index contributed by atoms with van der Waals surface area (Å²) in [5, 5.41) is -0.197. The van der Waals surface area contributed by atoms with Crippen LogP contribution in [-0.4, -0.2) is 13.4 Å². The Morgan fingerprint density at radius 2 is 2.05 bits per heavy atom. The smallest absolute Gasteiger partial charge is 0.279 e. The predicted molar refractivity (Wildman–Crippen MR) is 77.0 cm³/mol. The van der Waals surface area contributed by atoms with Gasteiger partial charge < -0.3 is 5.73 Å². The third-order valence-electron chi connectivity index (χ3n) is 2.48. The van der Waals surface area contributed by atoms with E-state index in [4.69, 9.17) is 5.73 Å². The number of pyridine rings is 1. The van der Waals surface area contributed by atoms with Crippen molar-refractivity contribution in [3.05, 3.63) is 52.4 Å². The summed E-state index contributed by atoms with van der Waals surface area (Å²) in [4.78, 5) is 3.80. The van der Waals surface area contributed by atoms with Gasteiger partial charge >= 0.3 is 0 Å². The zero-order valence-corrected chi connectivity index (χ0v) is 12.6. The standard InChI is InChI=1S/C12H11BrFN3O2S/c13-9-2-3-11(10(14)5-9)17-20(18,19)12-4-1-8(6-15)7-16-12/h1-5,7,17H,6,15H2. The van der Waals surface area contributed by atoms with Gasteiger partial charge in [0.1, 0.15) is 5.82 Å². The molecular weight excluding hydrogens is 349 g/mol. The van der Waals surface area contributed by atoms with Gasteiger partial charge in [0.25, 0.3) is 10.0 Å². The fraction of sp³-hybridized carbons (Fsp3) is 0.0833. The molecule has 1 aromatic carbocycles. The first kappa shape index (κ1) is 14.9. The van der Waals surface area contributed by atoms with Crippen LogP contribution in [0.4, 0.5) is 10.1 Å². The third-order valence-corrected chi connectivity index (χ3v) is 4.26. The van der Waals surface area contributed by atoms with Crippen molar-refractivity contribution in [1.29, 1.82) is 0 Å². The maximum atomic E-state index is 13.6. The van der Waals surface area contributed by atoms with Gasteiger partial charge in [-0.1, -0.05) is 22.0 Å². The van der Waals surface area contributed by atoms with Crippen LogP contribution in [-0.2, 0) is 16.6 Å². The number of nitrogens with two attached hydrogens (primary N) is 1. The van der Waals surface area contributed by atoms with Gasteiger partial charge in [0.05, 0.1) is 5.69 Å². The number of halogens is 2. The highest BCUT2D eigenvalue weighted by Gasteiger charge is 2.17. The van der Waals surface area contributed by atoms with Gasteiger partial charge in [-0.25, -0.2) is 9.37 Å². The Hall–Kier alpha value is -1.51. The van der Waals surface area contributed by atoms with E-state index in [0.29, 0.717) is 10.0 Å². The van der Waals surface area contributed by atoms with Crippen LogP contribution in [0, 0.1) is 5.82 Å². The molecule has 1 heterocycles. The lowest BCUT2D eigenvalue weighted by Crippen LogP contribution is -2.15.